The van der Waals surface area contributed by atoms with Crippen molar-refractivity contribution in [2.45, 2.75) is 26.3 Å². The molecule has 1 heterocycles. The molecule has 2 aromatic rings. The summed E-state index contributed by atoms with van der Waals surface area (Å²) in [6.07, 6.45) is 0.903. The van der Waals surface area contributed by atoms with Crippen LogP contribution in [-0.2, 0) is 6.42 Å². The predicted molar refractivity (Wildman–Crippen MR) is 83.3 cm³/mol. The minimum absolute atomic E-state index is 0.200. The molecule has 2 N–H and O–H groups in total. The zero-order valence-corrected chi connectivity index (χ0v) is 12.3. The average molecular weight is 284 g/mol. The van der Waals surface area contributed by atoms with Crippen molar-refractivity contribution in [2.75, 3.05) is 11.9 Å². The third kappa shape index (κ3) is 4.56. The lowest BCUT2D eigenvalue weighted by molar-refractivity contribution is 0.0950. The average Bonchev–Trinajstić information content (AvgIpc) is 2.49. The number of hydrogen-bond donors (Lipinski definition) is 2. The van der Waals surface area contributed by atoms with E-state index >= 15 is 0 Å². The molecule has 0 aliphatic heterocycles. The highest BCUT2D eigenvalue weighted by Crippen LogP contribution is 2.08. The smallest absolute Gasteiger partial charge is 0.271 e. The summed E-state index contributed by atoms with van der Waals surface area (Å²) >= 11 is 0. The molecule has 0 spiro atoms. The zero-order valence-electron chi connectivity index (χ0n) is 12.3. The lowest BCUT2D eigenvalue weighted by Gasteiger charge is -2.14. The molecule has 2 rings (SSSR count). The molecular formula is C16H20N4O. The molecule has 110 valence electrons. The molecule has 5 heteroatoms. The highest BCUT2D eigenvalue weighted by atomic mass is 16.1. The van der Waals surface area contributed by atoms with Crippen LogP contribution in [0.25, 0.3) is 0 Å². The normalized spacial score (nSPS) is 11.7. The number of benzene rings is 1. The van der Waals surface area contributed by atoms with Crippen LogP contribution in [0.1, 0.15) is 29.9 Å². The van der Waals surface area contributed by atoms with Crippen molar-refractivity contribution >= 4 is 11.7 Å². The van der Waals surface area contributed by atoms with Crippen LogP contribution in [0.3, 0.4) is 0 Å². The summed E-state index contributed by atoms with van der Waals surface area (Å²) in [4.78, 5) is 11.6. The molecule has 1 atom stereocenters. The summed E-state index contributed by atoms with van der Waals surface area (Å²) in [5.41, 5.74) is 1.60. The van der Waals surface area contributed by atoms with Gasteiger partial charge in [-0.1, -0.05) is 30.3 Å². The molecule has 0 radical (unpaired) electrons. The Morgan fingerprint density at radius 1 is 1.14 bits per heavy atom. The van der Waals surface area contributed by atoms with Gasteiger partial charge in [-0.05, 0) is 38.0 Å². The van der Waals surface area contributed by atoms with Crippen molar-refractivity contribution in [2.24, 2.45) is 0 Å². The van der Waals surface area contributed by atoms with Crippen LogP contribution in [0, 0.1) is 0 Å². The molecule has 0 saturated carbocycles. The minimum Gasteiger partial charge on any atom is -0.366 e. The van der Waals surface area contributed by atoms with E-state index in [-0.39, 0.29) is 11.9 Å². The molecule has 1 unspecified atom stereocenters. The number of nitrogens with one attached hydrogen (secondary N) is 2. The van der Waals surface area contributed by atoms with E-state index in [9.17, 15) is 4.79 Å². The van der Waals surface area contributed by atoms with Crippen LogP contribution in [0.4, 0.5) is 5.82 Å². The molecule has 1 aromatic heterocycles. The van der Waals surface area contributed by atoms with Crippen molar-refractivity contribution in [3.8, 4) is 0 Å². The summed E-state index contributed by atoms with van der Waals surface area (Å²) in [6.45, 7) is 4.54. The molecule has 0 aliphatic carbocycles. The molecular weight excluding hydrogens is 264 g/mol. The fraction of sp³-hybridized carbons (Fsp3) is 0.312. The lowest BCUT2D eigenvalue weighted by atomic mass is 10.1. The number of carbonyl (C=O) groups is 1. The first-order valence-corrected chi connectivity index (χ1v) is 7.11. The van der Waals surface area contributed by atoms with Crippen LogP contribution in [0.2, 0.25) is 0 Å². The second-order valence-corrected chi connectivity index (χ2v) is 4.90. The van der Waals surface area contributed by atoms with Gasteiger partial charge >= 0.3 is 0 Å². The predicted octanol–water partition coefficient (Wildman–Crippen LogP) is 2.27. The number of rotatable bonds is 6. The van der Waals surface area contributed by atoms with Crippen molar-refractivity contribution in [1.29, 1.82) is 0 Å². The maximum Gasteiger partial charge on any atom is 0.271 e. The molecule has 0 saturated heterocycles. The number of anilines is 1. The Morgan fingerprint density at radius 3 is 2.52 bits per heavy atom. The van der Waals surface area contributed by atoms with Crippen LogP contribution in [0.5, 0.6) is 0 Å². The largest absolute Gasteiger partial charge is 0.366 e. The Balaban J connectivity index is 1.92. The first-order valence-electron chi connectivity index (χ1n) is 7.11. The number of amides is 1. The monoisotopic (exact) mass is 284 g/mol. The Labute approximate surface area is 124 Å². The zero-order chi connectivity index (χ0) is 15.1. The van der Waals surface area contributed by atoms with E-state index in [1.807, 2.05) is 25.1 Å². The first kappa shape index (κ1) is 15.0. The molecule has 0 bridgehead atoms. The summed E-state index contributed by atoms with van der Waals surface area (Å²) in [5.74, 6) is 0.473. The Hall–Kier alpha value is -2.43. The van der Waals surface area contributed by atoms with Crippen molar-refractivity contribution < 1.29 is 4.79 Å². The lowest BCUT2D eigenvalue weighted by Crippen LogP contribution is -2.24. The maximum absolute atomic E-state index is 11.6. The summed E-state index contributed by atoms with van der Waals surface area (Å²) in [5, 5.41) is 14.0. The van der Waals surface area contributed by atoms with Gasteiger partial charge in [0.15, 0.2) is 5.69 Å². The van der Waals surface area contributed by atoms with E-state index in [1.165, 1.54) is 5.56 Å². The van der Waals surface area contributed by atoms with Gasteiger partial charge in [-0.15, -0.1) is 10.2 Å². The van der Waals surface area contributed by atoms with E-state index in [0.717, 1.165) is 6.42 Å². The van der Waals surface area contributed by atoms with Gasteiger partial charge in [0, 0.05) is 12.6 Å². The van der Waals surface area contributed by atoms with Crippen LogP contribution < -0.4 is 10.6 Å². The van der Waals surface area contributed by atoms with Crippen molar-refractivity contribution in [3.63, 3.8) is 0 Å². The number of nitrogens with zero attached hydrogens (tertiary/aromatic N) is 2. The fourth-order valence-corrected chi connectivity index (χ4v) is 2.05. The highest BCUT2D eigenvalue weighted by molar-refractivity contribution is 5.92. The highest BCUT2D eigenvalue weighted by Gasteiger charge is 2.08. The van der Waals surface area contributed by atoms with Crippen LogP contribution in [-0.4, -0.2) is 28.7 Å². The van der Waals surface area contributed by atoms with Crippen molar-refractivity contribution in [3.05, 3.63) is 53.7 Å². The van der Waals surface area contributed by atoms with E-state index in [4.69, 9.17) is 0 Å². The number of aromatic nitrogens is 2. The van der Waals surface area contributed by atoms with Gasteiger partial charge in [0.1, 0.15) is 5.82 Å². The third-order valence-electron chi connectivity index (χ3n) is 3.01. The van der Waals surface area contributed by atoms with Gasteiger partial charge in [-0.2, -0.15) is 0 Å². The number of carbonyl (C=O) groups excluding carboxylic acids is 1. The second-order valence-electron chi connectivity index (χ2n) is 4.90. The standard InChI is InChI=1S/C16H20N4O/c1-3-17-16(21)14-9-10-15(20-19-14)18-12(2)11-13-7-5-4-6-8-13/h4-10,12H,3,11H2,1-2H3,(H,17,21)(H,18,20). The van der Waals surface area contributed by atoms with Gasteiger partial charge in [0.2, 0.25) is 0 Å². The van der Waals surface area contributed by atoms with Crippen LogP contribution >= 0.6 is 0 Å². The molecule has 0 aliphatic rings. The fourth-order valence-electron chi connectivity index (χ4n) is 2.05. The van der Waals surface area contributed by atoms with Crippen molar-refractivity contribution in [1.82, 2.24) is 15.5 Å². The topological polar surface area (TPSA) is 66.9 Å². The van der Waals surface area contributed by atoms with E-state index in [1.54, 1.807) is 12.1 Å². The second kappa shape index (κ2) is 7.38. The Kier molecular flexibility index (Phi) is 5.26. The van der Waals surface area contributed by atoms with E-state index in [2.05, 4.69) is 39.9 Å². The van der Waals surface area contributed by atoms with Gasteiger partial charge < -0.3 is 10.6 Å². The molecule has 5 nitrogen and oxygen atoms in total. The Bertz CT molecular complexity index is 569. The summed E-state index contributed by atoms with van der Waals surface area (Å²) < 4.78 is 0. The van der Waals surface area contributed by atoms with E-state index in [0.29, 0.717) is 18.1 Å². The van der Waals surface area contributed by atoms with Gasteiger partial charge in [0.05, 0.1) is 0 Å². The third-order valence-corrected chi connectivity index (χ3v) is 3.01. The van der Waals surface area contributed by atoms with Gasteiger partial charge in [-0.25, -0.2) is 0 Å². The SMILES string of the molecule is CCNC(=O)c1ccc(NC(C)Cc2ccccc2)nn1. The quantitative estimate of drug-likeness (QED) is 0.854. The van der Waals surface area contributed by atoms with Gasteiger partial charge in [0.25, 0.3) is 5.91 Å². The number of hydrogen-bond acceptors (Lipinski definition) is 4. The summed E-state index contributed by atoms with van der Waals surface area (Å²) in [7, 11) is 0. The summed E-state index contributed by atoms with van der Waals surface area (Å²) in [6, 6.07) is 14.0. The molecule has 0 fully saturated rings. The van der Waals surface area contributed by atoms with Crippen LogP contribution in [0.15, 0.2) is 42.5 Å². The Morgan fingerprint density at radius 2 is 1.90 bits per heavy atom. The first-order chi connectivity index (χ1) is 10.2. The maximum atomic E-state index is 11.6. The van der Waals surface area contributed by atoms with Gasteiger partial charge in [-0.3, -0.25) is 4.79 Å². The van der Waals surface area contributed by atoms with E-state index < -0.39 is 0 Å². The molecule has 1 amide bonds. The molecule has 21 heavy (non-hydrogen) atoms. The molecule has 1 aromatic carbocycles. The minimum atomic E-state index is -0.200.